The molecule has 130 valence electrons. The van der Waals surface area contributed by atoms with Crippen LogP contribution in [0, 0.1) is 22.7 Å². The Labute approximate surface area is 148 Å². The Hall–Kier alpha value is -2.83. The number of benzene rings is 1. The van der Waals surface area contributed by atoms with Gasteiger partial charge in [0.2, 0.25) is 0 Å². The molecule has 0 bridgehead atoms. The topological polar surface area (TPSA) is 89.2 Å². The molecular weight excluding hydrogens is 316 g/mol. The Morgan fingerprint density at radius 3 is 2.76 bits per heavy atom. The van der Waals surface area contributed by atoms with Gasteiger partial charge in [0.05, 0.1) is 18.6 Å². The Kier molecular flexibility index (Phi) is 7.00. The molecule has 1 N–H and O–H groups in total. The van der Waals surface area contributed by atoms with Gasteiger partial charge >= 0.3 is 0 Å². The molecule has 0 saturated carbocycles. The average Bonchev–Trinajstić information content (AvgIpc) is 3.16. The molecule has 0 aromatic heterocycles. The van der Waals surface area contributed by atoms with Crippen LogP contribution in [-0.2, 0) is 9.53 Å². The number of ether oxygens (including phenoxy) is 1. The molecule has 1 saturated heterocycles. The lowest BCUT2D eigenvalue weighted by atomic mass is 10.1. The summed E-state index contributed by atoms with van der Waals surface area (Å²) >= 11 is 0. The van der Waals surface area contributed by atoms with Crippen LogP contribution in [0.25, 0.3) is 6.08 Å². The Bertz CT molecular complexity index is 692. The first kappa shape index (κ1) is 18.5. The third kappa shape index (κ3) is 5.63. The number of anilines is 1. The van der Waals surface area contributed by atoms with E-state index in [1.807, 2.05) is 42.3 Å². The van der Waals surface area contributed by atoms with Crippen LogP contribution in [-0.4, -0.2) is 38.8 Å². The highest BCUT2D eigenvalue weighted by Gasteiger charge is 2.17. The maximum Gasteiger partial charge on any atom is 0.262 e. The average molecular weight is 338 g/mol. The van der Waals surface area contributed by atoms with Crippen LogP contribution in [0.4, 0.5) is 5.69 Å². The molecule has 2 rings (SSSR count). The van der Waals surface area contributed by atoms with E-state index in [-0.39, 0.29) is 17.6 Å². The quantitative estimate of drug-likeness (QED) is 0.608. The number of rotatable bonds is 7. The zero-order valence-corrected chi connectivity index (χ0v) is 14.4. The highest BCUT2D eigenvalue weighted by molar-refractivity contribution is 6.01. The van der Waals surface area contributed by atoms with Crippen molar-refractivity contribution < 1.29 is 9.53 Å². The fourth-order valence-electron chi connectivity index (χ4n) is 2.59. The van der Waals surface area contributed by atoms with Gasteiger partial charge in [0.15, 0.2) is 0 Å². The smallest absolute Gasteiger partial charge is 0.262 e. The van der Waals surface area contributed by atoms with Crippen LogP contribution in [0.1, 0.15) is 24.8 Å². The summed E-state index contributed by atoms with van der Waals surface area (Å²) < 4.78 is 5.46. The zero-order valence-electron chi connectivity index (χ0n) is 14.4. The summed E-state index contributed by atoms with van der Waals surface area (Å²) in [5, 5.41) is 20.6. The number of nitriles is 2. The fourth-order valence-corrected chi connectivity index (χ4v) is 2.59. The lowest BCUT2D eigenvalue weighted by Crippen LogP contribution is -2.32. The van der Waals surface area contributed by atoms with Crippen molar-refractivity contribution in [3.8, 4) is 12.1 Å². The third-order valence-corrected chi connectivity index (χ3v) is 4.08. The van der Waals surface area contributed by atoms with E-state index < -0.39 is 0 Å². The second-order valence-electron chi connectivity index (χ2n) is 5.94. The molecule has 6 nitrogen and oxygen atoms in total. The van der Waals surface area contributed by atoms with E-state index in [1.54, 1.807) is 6.08 Å². The first-order valence-corrected chi connectivity index (χ1v) is 8.34. The molecule has 1 aliphatic rings. The number of hydrogen-bond donors (Lipinski definition) is 1. The van der Waals surface area contributed by atoms with E-state index in [2.05, 4.69) is 11.4 Å². The highest BCUT2D eigenvalue weighted by Crippen LogP contribution is 2.16. The molecule has 25 heavy (non-hydrogen) atoms. The lowest BCUT2D eigenvalue weighted by molar-refractivity contribution is -0.117. The molecule has 0 radical (unpaired) electrons. The van der Waals surface area contributed by atoms with Crippen molar-refractivity contribution in [3.05, 3.63) is 35.4 Å². The van der Waals surface area contributed by atoms with Gasteiger partial charge in [0.1, 0.15) is 11.6 Å². The molecule has 1 aromatic rings. The normalized spacial score (nSPS) is 16.8. The molecule has 1 heterocycles. The monoisotopic (exact) mass is 338 g/mol. The molecule has 1 fully saturated rings. The summed E-state index contributed by atoms with van der Waals surface area (Å²) in [4.78, 5) is 14.1. The van der Waals surface area contributed by atoms with Gasteiger partial charge < -0.3 is 15.0 Å². The zero-order chi connectivity index (χ0) is 18.1. The maximum absolute atomic E-state index is 12.1. The Balaban J connectivity index is 1.97. The van der Waals surface area contributed by atoms with Crippen LogP contribution in [0.5, 0.6) is 0 Å². The first-order valence-electron chi connectivity index (χ1n) is 8.34. The standard InChI is InChI=1S/C19H22N4O2/c1-23(10-3-9-20)17-7-5-15(6-8-17)12-16(13-21)19(24)22-14-18-4-2-11-25-18/h5-8,12,18H,2-4,10-11,14H2,1H3,(H,22,24)/b16-12+/t18-/m1/s1. The molecule has 1 aromatic carbocycles. The number of nitrogens with one attached hydrogen (secondary N) is 1. The molecule has 0 unspecified atom stereocenters. The second-order valence-corrected chi connectivity index (χ2v) is 5.94. The van der Waals surface area contributed by atoms with Gasteiger partial charge in [-0.25, -0.2) is 0 Å². The van der Waals surface area contributed by atoms with Gasteiger partial charge in [-0.3, -0.25) is 4.79 Å². The number of carbonyl (C=O) groups is 1. The fraction of sp³-hybridized carbons (Fsp3) is 0.421. The summed E-state index contributed by atoms with van der Waals surface area (Å²) in [7, 11) is 1.92. The third-order valence-electron chi connectivity index (χ3n) is 4.08. The minimum atomic E-state index is -0.381. The van der Waals surface area contributed by atoms with Gasteiger partial charge in [-0.1, -0.05) is 12.1 Å². The van der Waals surface area contributed by atoms with Gasteiger partial charge in [-0.05, 0) is 36.6 Å². The van der Waals surface area contributed by atoms with Crippen molar-refractivity contribution in [3.63, 3.8) is 0 Å². The van der Waals surface area contributed by atoms with E-state index in [4.69, 9.17) is 10.00 Å². The summed E-state index contributed by atoms with van der Waals surface area (Å²) in [6.45, 7) is 1.82. The molecular formula is C19H22N4O2. The van der Waals surface area contributed by atoms with Gasteiger partial charge in [0.25, 0.3) is 5.91 Å². The summed E-state index contributed by atoms with van der Waals surface area (Å²) in [5.74, 6) is -0.381. The van der Waals surface area contributed by atoms with Crippen LogP contribution >= 0.6 is 0 Å². The van der Waals surface area contributed by atoms with Crippen molar-refractivity contribution >= 4 is 17.7 Å². The van der Waals surface area contributed by atoms with E-state index in [1.165, 1.54) is 0 Å². The lowest BCUT2D eigenvalue weighted by Gasteiger charge is -2.17. The minimum Gasteiger partial charge on any atom is -0.376 e. The van der Waals surface area contributed by atoms with Crippen molar-refractivity contribution in [2.45, 2.75) is 25.4 Å². The van der Waals surface area contributed by atoms with E-state index in [9.17, 15) is 10.1 Å². The number of carbonyl (C=O) groups excluding carboxylic acids is 1. The predicted octanol–water partition coefficient (Wildman–Crippen LogP) is 2.24. The summed E-state index contributed by atoms with van der Waals surface area (Å²) in [5.41, 5.74) is 1.83. The minimum absolute atomic E-state index is 0.0483. The molecule has 6 heteroatoms. The van der Waals surface area contributed by atoms with Crippen molar-refractivity contribution in [2.24, 2.45) is 0 Å². The molecule has 1 aliphatic heterocycles. The van der Waals surface area contributed by atoms with Crippen molar-refractivity contribution in [2.75, 3.05) is 31.6 Å². The molecule has 1 atom stereocenters. The summed E-state index contributed by atoms with van der Waals surface area (Å²) in [6, 6.07) is 11.6. The largest absolute Gasteiger partial charge is 0.376 e. The van der Waals surface area contributed by atoms with Gasteiger partial charge in [0, 0.05) is 32.4 Å². The number of amides is 1. The van der Waals surface area contributed by atoms with Crippen LogP contribution in [0.3, 0.4) is 0 Å². The van der Waals surface area contributed by atoms with Gasteiger partial charge in [-0.15, -0.1) is 0 Å². The van der Waals surface area contributed by atoms with Crippen LogP contribution in [0.2, 0.25) is 0 Å². The van der Waals surface area contributed by atoms with Crippen LogP contribution < -0.4 is 10.2 Å². The molecule has 0 aliphatic carbocycles. The first-order chi connectivity index (χ1) is 12.1. The molecule has 1 amide bonds. The second kappa shape index (κ2) is 9.46. The predicted molar refractivity (Wildman–Crippen MR) is 95.5 cm³/mol. The highest BCUT2D eigenvalue weighted by atomic mass is 16.5. The number of nitrogens with zero attached hydrogens (tertiary/aromatic N) is 3. The van der Waals surface area contributed by atoms with E-state index in [0.717, 1.165) is 30.7 Å². The van der Waals surface area contributed by atoms with Gasteiger partial charge in [-0.2, -0.15) is 10.5 Å². The molecule has 0 spiro atoms. The summed E-state index contributed by atoms with van der Waals surface area (Å²) in [6.07, 6.45) is 4.03. The van der Waals surface area contributed by atoms with Crippen LogP contribution in [0.15, 0.2) is 29.8 Å². The Morgan fingerprint density at radius 2 is 2.16 bits per heavy atom. The van der Waals surface area contributed by atoms with Crippen molar-refractivity contribution in [1.29, 1.82) is 10.5 Å². The van der Waals surface area contributed by atoms with Crippen molar-refractivity contribution in [1.82, 2.24) is 5.32 Å². The Morgan fingerprint density at radius 1 is 1.40 bits per heavy atom. The SMILES string of the molecule is CN(CCC#N)c1ccc(/C=C(\C#N)C(=O)NC[C@H]2CCCO2)cc1. The number of hydrogen-bond acceptors (Lipinski definition) is 5. The van der Waals surface area contributed by atoms with E-state index in [0.29, 0.717) is 19.5 Å². The maximum atomic E-state index is 12.1. The van der Waals surface area contributed by atoms with E-state index >= 15 is 0 Å².